The van der Waals surface area contributed by atoms with Gasteiger partial charge in [-0.2, -0.15) is 0 Å². The molecule has 0 saturated carbocycles. The summed E-state index contributed by atoms with van der Waals surface area (Å²) in [5, 5.41) is 0. The fourth-order valence-corrected chi connectivity index (χ4v) is 1.54. The van der Waals surface area contributed by atoms with Gasteiger partial charge in [-0.05, 0) is 13.0 Å². The van der Waals surface area contributed by atoms with Crippen molar-refractivity contribution in [3.63, 3.8) is 0 Å². The first-order valence-corrected chi connectivity index (χ1v) is 4.37. The molecule has 1 aliphatic rings. The maximum absolute atomic E-state index is 11.6. The molecule has 0 aromatic carbocycles. The lowest BCUT2D eigenvalue weighted by atomic mass is 10.2. The molecule has 0 bridgehead atoms. The highest BCUT2D eigenvalue weighted by Gasteiger charge is 2.28. The Morgan fingerprint density at radius 3 is 3.08 bits per heavy atom. The predicted octanol–water partition coefficient (Wildman–Crippen LogP) is 0.584. The molecule has 2 N–H and O–H groups in total. The number of nitrogens with two attached hydrogens (primary N) is 1. The highest BCUT2D eigenvalue weighted by molar-refractivity contribution is 5.97. The summed E-state index contributed by atoms with van der Waals surface area (Å²) < 4.78 is 4.94. The Labute approximate surface area is 76.3 Å². The number of nitrogens with zero attached hydrogens (tertiary/aromatic N) is 1. The lowest BCUT2D eigenvalue weighted by Crippen LogP contribution is -2.26. The Kier molecular flexibility index (Phi) is 2.06. The fourth-order valence-electron chi connectivity index (χ4n) is 1.54. The molecule has 0 atom stereocenters. The number of carbonyl (C=O) groups excluding carboxylic acids is 1. The summed E-state index contributed by atoms with van der Waals surface area (Å²) in [4.78, 5) is 13.4. The van der Waals surface area contributed by atoms with Gasteiger partial charge in [0, 0.05) is 18.7 Å². The topological polar surface area (TPSA) is 59.5 Å². The van der Waals surface area contributed by atoms with E-state index in [4.69, 9.17) is 10.2 Å². The molecule has 4 heteroatoms. The highest BCUT2D eigenvalue weighted by Crippen LogP contribution is 2.23. The molecule has 1 aromatic heterocycles. The monoisotopic (exact) mass is 180 g/mol. The van der Waals surface area contributed by atoms with Gasteiger partial charge in [0.25, 0.3) is 5.91 Å². The predicted molar refractivity (Wildman–Crippen MR) is 47.1 cm³/mol. The molecule has 70 valence electrons. The highest BCUT2D eigenvalue weighted by atomic mass is 16.3. The zero-order valence-corrected chi connectivity index (χ0v) is 7.32. The Balaban J connectivity index is 2.06. The third kappa shape index (κ3) is 1.33. The van der Waals surface area contributed by atoms with E-state index in [1.54, 1.807) is 11.2 Å². The summed E-state index contributed by atoms with van der Waals surface area (Å²) in [6.45, 7) is 2.03. The summed E-state index contributed by atoms with van der Waals surface area (Å²) in [7, 11) is 0. The van der Waals surface area contributed by atoms with Crippen molar-refractivity contribution in [3.8, 4) is 0 Å². The van der Waals surface area contributed by atoms with Gasteiger partial charge < -0.3 is 15.1 Å². The third-order valence-electron chi connectivity index (χ3n) is 2.25. The zero-order chi connectivity index (χ0) is 9.26. The summed E-state index contributed by atoms with van der Waals surface area (Å²) >= 11 is 0. The molecule has 2 rings (SSSR count). The molecule has 0 saturated heterocycles. The van der Waals surface area contributed by atoms with Crippen molar-refractivity contribution in [1.29, 1.82) is 0 Å². The second-order valence-corrected chi connectivity index (χ2v) is 3.18. The van der Waals surface area contributed by atoms with Crippen molar-refractivity contribution in [2.24, 2.45) is 5.73 Å². The van der Waals surface area contributed by atoms with Gasteiger partial charge in [0.1, 0.15) is 6.26 Å². The van der Waals surface area contributed by atoms with Gasteiger partial charge in [0.2, 0.25) is 0 Å². The second kappa shape index (κ2) is 3.22. The summed E-state index contributed by atoms with van der Waals surface area (Å²) in [5.41, 5.74) is 7.07. The molecule has 13 heavy (non-hydrogen) atoms. The molecule has 1 aromatic rings. The first-order valence-electron chi connectivity index (χ1n) is 4.37. The van der Waals surface area contributed by atoms with Crippen LogP contribution in [0, 0.1) is 0 Å². The van der Waals surface area contributed by atoms with Crippen LogP contribution in [0.3, 0.4) is 0 Å². The van der Waals surface area contributed by atoms with Crippen LogP contribution in [0.2, 0.25) is 0 Å². The van der Waals surface area contributed by atoms with Crippen molar-refractivity contribution in [1.82, 2.24) is 4.90 Å². The van der Waals surface area contributed by atoms with Gasteiger partial charge in [0.15, 0.2) is 0 Å². The quantitative estimate of drug-likeness (QED) is 0.740. The molecule has 4 nitrogen and oxygen atoms in total. The Morgan fingerprint density at radius 1 is 1.54 bits per heavy atom. The summed E-state index contributed by atoms with van der Waals surface area (Å²) in [6, 6.07) is 0. The zero-order valence-electron chi connectivity index (χ0n) is 7.32. The van der Waals surface area contributed by atoms with Gasteiger partial charge in [-0.1, -0.05) is 0 Å². The second-order valence-electron chi connectivity index (χ2n) is 3.18. The van der Waals surface area contributed by atoms with Crippen molar-refractivity contribution in [2.45, 2.75) is 13.0 Å². The maximum Gasteiger partial charge on any atom is 0.257 e. The number of rotatable bonds is 3. The SMILES string of the molecule is NCCCN1Cc2cocc2C1=O. The molecular formula is C9H12N2O2. The maximum atomic E-state index is 11.6. The Morgan fingerprint density at radius 2 is 2.38 bits per heavy atom. The summed E-state index contributed by atoms with van der Waals surface area (Å²) in [5.74, 6) is 0.0669. The molecule has 1 amide bonds. The first-order chi connectivity index (χ1) is 6.33. The normalized spacial score (nSPS) is 15.2. The van der Waals surface area contributed by atoms with Crippen LogP contribution >= 0.6 is 0 Å². The molecule has 0 fully saturated rings. The first kappa shape index (κ1) is 8.31. The third-order valence-corrected chi connectivity index (χ3v) is 2.25. The number of fused-ring (bicyclic) bond motifs is 1. The molecule has 0 radical (unpaired) electrons. The van der Waals surface area contributed by atoms with Crippen molar-refractivity contribution < 1.29 is 9.21 Å². The Hall–Kier alpha value is -1.29. The number of carbonyl (C=O) groups is 1. The lowest BCUT2D eigenvalue weighted by molar-refractivity contribution is 0.0774. The van der Waals surface area contributed by atoms with E-state index in [0.29, 0.717) is 18.7 Å². The average Bonchev–Trinajstić information content (AvgIpc) is 2.67. The molecular weight excluding hydrogens is 168 g/mol. The molecule has 0 spiro atoms. The Bertz CT molecular complexity index is 319. The van der Waals surface area contributed by atoms with Crippen LogP contribution in [-0.4, -0.2) is 23.9 Å². The minimum absolute atomic E-state index is 0.0669. The van der Waals surface area contributed by atoms with Crippen molar-refractivity contribution >= 4 is 5.91 Å². The minimum atomic E-state index is 0.0669. The molecule has 0 aliphatic carbocycles. The molecule has 1 aliphatic heterocycles. The van der Waals surface area contributed by atoms with E-state index in [-0.39, 0.29) is 5.91 Å². The van der Waals surface area contributed by atoms with Gasteiger partial charge in [-0.15, -0.1) is 0 Å². The van der Waals surface area contributed by atoms with Crippen molar-refractivity contribution in [2.75, 3.05) is 13.1 Å². The standard InChI is InChI=1S/C9H12N2O2/c10-2-1-3-11-4-7-5-13-6-8(7)9(11)12/h5-6H,1-4,10H2. The van der Waals surface area contributed by atoms with E-state index in [0.717, 1.165) is 18.5 Å². The van der Waals surface area contributed by atoms with Crippen LogP contribution in [0.15, 0.2) is 16.9 Å². The van der Waals surface area contributed by atoms with E-state index >= 15 is 0 Å². The van der Waals surface area contributed by atoms with Gasteiger partial charge in [-0.25, -0.2) is 0 Å². The minimum Gasteiger partial charge on any atom is -0.471 e. The van der Waals surface area contributed by atoms with Crippen LogP contribution in [0.1, 0.15) is 22.3 Å². The lowest BCUT2D eigenvalue weighted by Gasteiger charge is -2.14. The van der Waals surface area contributed by atoms with Crippen LogP contribution in [0.4, 0.5) is 0 Å². The number of hydrogen-bond acceptors (Lipinski definition) is 3. The number of furan rings is 1. The van der Waals surface area contributed by atoms with Crippen LogP contribution < -0.4 is 5.73 Å². The van der Waals surface area contributed by atoms with Crippen molar-refractivity contribution in [3.05, 3.63) is 23.7 Å². The molecule has 0 unspecified atom stereocenters. The smallest absolute Gasteiger partial charge is 0.257 e. The fraction of sp³-hybridized carbons (Fsp3) is 0.444. The summed E-state index contributed by atoms with van der Waals surface area (Å²) in [6.07, 6.45) is 4.00. The average molecular weight is 180 g/mol. The van der Waals surface area contributed by atoms with Crippen LogP contribution in [-0.2, 0) is 6.54 Å². The van der Waals surface area contributed by atoms with E-state index in [9.17, 15) is 4.79 Å². The number of hydrogen-bond donors (Lipinski definition) is 1. The molecule has 2 heterocycles. The largest absolute Gasteiger partial charge is 0.471 e. The van der Waals surface area contributed by atoms with E-state index in [1.165, 1.54) is 6.26 Å². The van der Waals surface area contributed by atoms with E-state index in [2.05, 4.69) is 0 Å². The van der Waals surface area contributed by atoms with E-state index in [1.807, 2.05) is 0 Å². The van der Waals surface area contributed by atoms with Crippen LogP contribution in [0.25, 0.3) is 0 Å². The van der Waals surface area contributed by atoms with Gasteiger partial charge in [0.05, 0.1) is 11.8 Å². The van der Waals surface area contributed by atoms with Crippen LogP contribution in [0.5, 0.6) is 0 Å². The van der Waals surface area contributed by atoms with Gasteiger partial charge >= 0.3 is 0 Å². The van der Waals surface area contributed by atoms with E-state index < -0.39 is 0 Å². The van der Waals surface area contributed by atoms with Gasteiger partial charge in [-0.3, -0.25) is 4.79 Å². The number of amides is 1.